The lowest BCUT2D eigenvalue weighted by atomic mass is 9.78. The van der Waals surface area contributed by atoms with Crippen LogP contribution in [0.5, 0.6) is 0 Å². The molecule has 0 aliphatic carbocycles. The lowest BCUT2D eigenvalue weighted by Gasteiger charge is -2.34. The Bertz CT molecular complexity index is 357. The number of nitrogens with one attached hydrogen (secondary N) is 1. The van der Waals surface area contributed by atoms with E-state index in [-0.39, 0.29) is 5.92 Å². The van der Waals surface area contributed by atoms with Gasteiger partial charge in [-0.1, -0.05) is 18.2 Å². The van der Waals surface area contributed by atoms with E-state index in [2.05, 4.69) is 5.32 Å². The highest BCUT2D eigenvalue weighted by molar-refractivity contribution is 5.49. The number of piperidine rings is 1. The predicted octanol–water partition coefficient (Wildman–Crippen LogP) is 2.45. The van der Waals surface area contributed by atoms with Gasteiger partial charge in [-0.15, -0.1) is 0 Å². The van der Waals surface area contributed by atoms with E-state index < -0.39 is 5.67 Å². The van der Waals surface area contributed by atoms with Crippen molar-refractivity contribution in [1.82, 2.24) is 5.32 Å². The maximum Gasteiger partial charge on any atom is 0.138 e. The fourth-order valence-electron chi connectivity index (χ4n) is 2.53. The molecule has 1 aliphatic rings. The highest BCUT2D eigenvalue weighted by Gasteiger charge is 2.37. The summed E-state index contributed by atoms with van der Waals surface area (Å²) in [7, 11) is 0. The summed E-state index contributed by atoms with van der Waals surface area (Å²) in [5.41, 5.74) is 5.75. The van der Waals surface area contributed by atoms with Crippen LogP contribution < -0.4 is 11.1 Å². The Hall–Kier alpha value is -1.09. The summed E-state index contributed by atoms with van der Waals surface area (Å²) in [5, 5.41) is 3.25. The molecule has 1 unspecified atom stereocenters. The van der Waals surface area contributed by atoms with Crippen molar-refractivity contribution in [1.29, 1.82) is 0 Å². The van der Waals surface area contributed by atoms with E-state index in [1.165, 1.54) is 0 Å². The van der Waals surface area contributed by atoms with Gasteiger partial charge in [0.2, 0.25) is 0 Å². The number of nitrogens with two attached hydrogens (primary N) is 1. The molecule has 1 heterocycles. The normalized spacial score (nSPS) is 21.6. The van der Waals surface area contributed by atoms with Gasteiger partial charge in [-0.25, -0.2) is 4.39 Å². The van der Waals surface area contributed by atoms with Crippen molar-refractivity contribution < 1.29 is 4.39 Å². The average molecular weight is 222 g/mol. The molecule has 3 heteroatoms. The first kappa shape index (κ1) is 11.4. The van der Waals surface area contributed by atoms with Crippen LogP contribution in [0.1, 0.15) is 25.3 Å². The number of alkyl halides is 1. The maximum absolute atomic E-state index is 14.9. The average Bonchev–Trinajstić information content (AvgIpc) is 2.30. The molecule has 1 aromatic carbocycles. The van der Waals surface area contributed by atoms with Crippen LogP contribution in [0.2, 0.25) is 0 Å². The first-order valence-corrected chi connectivity index (χ1v) is 5.87. The second-order valence-corrected chi connectivity index (χ2v) is 4.69. The van der Waals surface area contributed by atoms with Crippen molar-refractivity contribution in [2.45, 2.75) is 25.4 Å². The van der Waals surface area contributed by atoms with Gasteiger partial charge < -0.3 is 11.1 Å². The van der Waals surface area contributed by atoms with Crippen molar-refractivity contribution in [3.8, 4) is 0 Å². The fraction of sp³-hybridized carbons (Fsp3) is 0.538. The van der Waals surface area contributed by atoms with E-state index in [0.717, 1.165) is 25.9 Å². The van der Waals surface area contributed by atoms with Gasteiger partial charge in [-0.3, -0.25) is 0 Å². The summed E-state index contributed by atoms with van der Waals surface area (Å²) in [6.45, 7) is 3.46. The fourth-order valence-corrected chi connectivity index (χ4v) is 2.53. The van der Waals surface area contributed by atoms with Crippen LogP contribution in [0.4, 0.5) is 10.1 Å². The standard InChI is InChI=1S/C13H19FN2/c1-13(14,10-6-8-16-9-7-10)11-4-2-3-5-12(11)15/h2-5,10,16H,6-9,15H2,1H3. The van der Waals surface area contributed by atoms with Gasteiger partial charge in [0, 0.05) is 11.3 Å². The van der Waals surface area contributed by atoms with Gasteiger partial charge in [-0.2, -0.15) is 0 Å². The molecule has 1 aliphatic heterocycles. The summed E-state index contributed by atoms with van der Waals surface area (Å²) >= 11 is 0. The smallest absolute Gasteiger partial charge is 0.138 e. The summed E-state index contributed by atoms with van der Waals surface area (Å²) < 4.78 is 14.9. The summed E-state index contributed by atoms with van der Waals surface area (Å²) in [4.78, 5) is 0. The monoisotopic (exact) mass is 222 g/mol. The minimum Gasteiger partial charge on any atom is -0.398 e. The van der Waals surface area contributed by atoms with Crippen molar-refractivity contribution in [2.24, 2.45) is 5.92 Å². The highest BCUT2D eigenvalue weighted by Crippen LogP contribution is 2.40. The van der Waals surface area contributed by atoms with Crippen molar-refractivity contribution in [2.75, 3.05) is 18.8 Å². The van der Waals surface area contributed by atoms with Gasteiger partial charge in [-0.05, 0) is 44.8 Å². The largest absolute Gasteiger partial charge is 0.398 e. The zero-order chi connectivity index (χ0) is 11.6. The van der Waals surface area contributed by atoms with Crippen LogP contribution in [0.25, 0.3) is 0 Å². The molecular formula is C13H19FN2. The lowest BCUT2D eigenvalue weighted by molar-refractivity contribution is 0.0781. The Morgan fingerprint density at radius 2 is 1.94 bits per heavy atom. The molecule has 0 spiro atoms. The lowest BCUT2D eigenvalue weighted by Crippen LogP contribution is -2.37. The van der Waals surface area contributed by atoms with Crippen molar-refractivity contribution >= 4 is 5.69 Å². The summed E-state index contributed by atoms with van der Waals surface area (Å²) in [6.07, 6.45) is 1.75. The van der Waals surface area contributed by atoms with Crippen LogP contribution in [0, 0.1) is 5.92 Å². The molecule has 1 aromatic rings. The number of rotatable bonds is 2. The number of hydrogen-bond acceptors (Lipinski definition) is 2. The molecule has 0 radical (unpaired) electrons. The van der Waals surface area contributed by atoms with E-state index in [1.807, 2.05) is 12.1 Å². The third kappa shape index (κ3) is 2.05. The quantitative estimate of drug-likeness (QED) is 0.754. The Morgan fingerprint density at radius 3 is 2.56 bits per heavy atom. The molecule has 16 heavy (non-hydrogen) atoms. The van der Waals surface area contributed by atoms with Crippen LogP contribution in [-0.2, 0) is 5.67 Å². The Morgan fingerprint density at radius 1 is 1.31 bits per heavy atom. The van der Waals surface area contributed by atoms with Crippen LogP contribution in [0.3, 0.4) is 0 Å². The second-order valence-electron chi connectivity index (χ2n) is 4.69. The molecule has 0 bridgehead atoms. The molecule has 2 nitrogen and oxygen atoms in total. The molecule has 0 amide bonds. The van der Waals surface area contributed by atoms with Gasteiger partial charge in [0.15, 0.2) is 0 Å². The molecule has 0 saturated carbocycles. The number of hydrogen-bond donors (Lipinski definition) is 2. The third-order valence-corrected chi connectivity index (χ3v) is 3.59. The minimum atomic E-state index is -1.31. The number of halogens is 1. The predicted molar refractivity (Wildman–Crippen MR) is 64.9 cm³/mol. The molecule has 0 aromatic heterocycles. The van der Waals surface area contributed by atoms with E-state index in [4.69, 9.17) is 5.73 Å². The zero-order valence-electron chi connectivity index (χ0n) is 9.67. The minimum absolute atomic E-state index is 0.0680. The van der Waals surface area contributed by atoms with E-state index in [0.29, 0.717) is 11.3 Å². The van der Waals surface area contributed by atoms with E-state index in [9.17, 15) is 4.39 Å². The van der Waals surface area contributed by atoms with Gasteiger partial charge in [0.1, 0.15) is 5.67 Å². The number of para-hydroxylation sites is 1. The van der Waals surface area contributed by atoms with Gasteiger partial charge in [0.05, 0.1) is 0 Å². The van der Waals surface area contributed by atoms with Crippen molar-refractivity contribution in [3.63, 3.8) is 0 Å². The zero-order valence-corrected chi connectivity index (χ0v) is 9.67. The molecule has 1 saturated heterocycles. The maximum atomic E-state index is 14.9. The first-order chi connectivity index (χ1) is 7.62. The van der Waals surface area contributed by atoms with E-state index in [1.54, 1.807) is 19.1 Å². The Labute approximate surface area is 96.0 Å². The highest BCUT2D eigenvalue weighted by atomic mass is 19.1. The molecular weight excluding hydrogens is 203 g/mol. The first-order valence-electron chi connectivity index (χ1n) is 5.87. The molecule has 3 N–H and O–H groups in total. The number of benzene rings is 1. The van der Waals surface area contributed by atoms with Crippen molar-refractivity contribution in [3.05, 3.63) is 29.8 Å². The second kappa shape index (κ2) is 4.42. The number of anilines is 1. The molecule has 2 rings (SSSR count). The molecule has 1 atom stereocenters. The molecule has 1 fully saturated rings. The number of nitrogen functional groups attached to an aromatic ring is 1. The van der Waals surface area contributed by atoms with Crippen LogP contribution >= 0.6 is 0 Å². The van der Waals surface area contributed by atoms with Gasteiger partial charge in [0.25, 0.3) is 0 Å². The van der Waals surface area contributed by atoms with Crippen LogP contribution in [0.15, 0.2) is 24.3 Å². The van der Waals surface area contributed by atoms with E-state index >= 15 is 0 Å². The topological polar surface area (TPSA) is 38.0 Å². The van der Waals surface area contributed by atoms with Crippen LogP contribution in [-0.4, -0.2) is 13.1 Å². The molecule has 88 valence electrons. The summed E-state index contributed by atoms with van der Waals surface area (Å²) in [5.74, 6) is 0.0680. The summed E-state index contributed by atoms with van der Waals surface area (Å²) in [6, 6.07) is 7.27. The SMILES string of the molecule is CC(F)(c1ccccc1N)C1CCNCC1. The van der Waals surface area contributed by atoms with Gasteiger partial charge >= 0.3 is 0 Å². The Balaban J connectivity index is 2.26. The Kier molecular flexibility index (Phi) is 3.15. The third-order valence-electron chi connectivity index (χ3n) is 3.59.